The summed E-state index contributed by atoms with van der Waals surface area (Å²) in [5.74, 6) is -0.315. The Morgan fingerprint density at radius 2 is 2.08 bits per heavy atom. The van der Waals surface area contributed by atoms with Crippen molar-refractivity contribution in [3.05, 3.63) is 70.1 Å². The molecule has 7 heteroatoms. The normalized spacial score (nSPS) is 10.7. The highest BCUT2D eigenvalue weighted by Crippen LogP contribution is 2.26. The van der Waals surface area contributed by atoms with Crippen LogP contribution in [0.25, 0.3) is 22.4 Å². The monoisotopic (exact) mass is 369 g/mol. The Kier molecular flexibility index (Phi) is 5.14. The second-order valence-corrected chi connectivity index (χ2v) is 5.79. The third-order valence-corrected chi connectivity index (χ3v) is 4.16. The van der Waals surface area contributed by atoms with E-state index in [4.69, 9.17) is 16.3 Å². The molecule has 0 bridgehead atoms. The Labute approximate surface area is 154 Å². The third-order valence-electron chi connectivity index (χ3n) is 3.76. The van der Waals surface area contributed by atoms with Crippen LogP contribution in [0.3, 0.4) is 0 Å². The quantitative estimate of drug-likeness (QED) is 0.508. The van der Waals surface area contributed by atoms with E-state index in [1.165, 1.54) is 10.8 Å². The average molecular weight is 370 g/mol. The van der Waals surface area contributed by atoms with Gasteiger partial charge in [0.1, 0.15) is 11.2 Å². The van der Waals surface area contributed by atoms with Crippen LogP contribution >= 0.6 is 11.6 Å². The topological polar surface area (TPSA) is 74.1 Å². The minimum absolute atomic E-state index is 0.0108. The molecule has 2 heterocycles. The molecule has 0 spiro atoms. The first-order valence-corrected chi connectivity index (χ1v) is 8.38. The molecule has 2 aromatic heterocycles. The van der Waals surface area contributed by atoms with Crippen LogP contribution in [-0.2, 0) is 11.3 Å². The Morgan fingerprint density at radius 3 is 2.73 bits per heavy atom. The lowest BCUT2D eigenvalue weighted by atomic mass is 10.2. The summed E-state index contributed by atoms with van der Waals surface area (Å²) in [7, 11) is 0. The molecule has 0 radical (unpaired) electrons. The lowest BCUT2D eigenvalue weighted by Gasteiger charge is -2.13. The van der Waals surface area contributed by atoms with Gasteiger partial charge in [0, 0.05) is 18.3 Å². The van der Waals surface area contributed by atoms with Crippen molar-refractivity contribution in [1.29, 1.82) is 0 Å². The fourth-order valence-electron chi connectivity index (χ4n) is 2.60. The molecule has 0 amide bonds. The molecular weight excluding hydrogens is 354 g/mol. The summed E-state index contributed by atoms with van der Waals surface area (Å²) in [5.41, 5.74) is 0.344. The van der Waals surface area contributed by atoms with Crippen LogP contribution in [0.5, 0.6) is 0 Å². The van der Waals surface area contributed by atoms with Gasteiger partial charge in [-0.2, -0.15) is 0 Å². The van der Waals surface area contributed by atoms with Gasteiger partial charge < -0.3 is 4.74 Å². The molecule has 6 nitrogen and oxygen atoms in total. The van der Waals surface area contributed by atoms with Crippen molar-refractivity contribution in [1.82, 2.24) is 14.5 Å². The molecular formula is C19H16ClN3O3. The fourth-order valence-corrected chi connectivity index (χ4v) is 2.89. The second-order valence-electron chi connectivity index (χ2n) is 5.41. The number of esters is 1. The first-order valence-electron chi connectivity index (χ1n) is 8.01. The standard InChI is InChI=1S/C19H16ClN3O3/c1-3-10-23-17-13(15(20)14(18(23)24)19(25)26-4-2)11-21-16(22-17)12-8-6-5-7-9-12/h3,5-9,11H,1,4,10H2,2H3. The highest BCUT2D eigenvalue weighted by Gasteiger charge is 2.23. The minimum Gasteiger partial charge on any atom is -0.462 e. The van der Waals surface area contributed by atoms with E-state index < -0.39 is 11.5 Å². The smallest absolute Gasteiger partial charge is 0.345 e. The van der Waals surface area contributed by atoms with Crippen molar-refractivity contribution in [3.8, 4) is 11.4 Å². The number of aromatic nitrogens is 3. The first kappa shape index (κ1) is 17.8. The van der Waals surface area contributed by atoms with Gasteiger partial charge in [-0.3, -0.25) is 9.36 Å². The number of hydrogen-bond donors (Lipinski definition) is 0. The van der Waals surface area contributed by atoms with E-state index >= 15 is 0 Å². The highest BCUT2D eigenvalue weighted by atomic mass is 35.5. The van der Waals surface area contributed by atoms with Gasteiger partial charge in [-0.1, -0.05) is 48.0 Å². The Hall–Kier alpha value is -2.99. The van der Waals surface area contributed by atoms with Crippen molar-refractivity contribution in [2.75, 3.05) is 6.61 Å². The molecule has 0 aliphatic rings. The van der Waals surface area contributed by atoms with E-state index in [0.717, 1.165) is 5.56 Å². The van der Waals surface area contributed by atoms with Gasteiger partial charge in [-0.15, -0.1) is 6.58 Å². The van der Waals surface area contributed by atoms with Gasteiger partial charge in [-0.05, 0) is 6.92 Å². The van der Waals surface area contributed by atoms with Gasteiger partial charge >= 0.3 is 5.97 Å². The van der Waals surface area contributed by atoms with Crippen LogP contribution in [0.4, 0.5) is 0 Å². The highest BCUT2D eigenvalue weighted by molar-refractivity contribution is 6.38. The largest absolute Gasteiger partial charge is 0.462 e. The number of nitrogens with zero attached hydrogens (tertiary/aromatic N) is 3. The van der Waals surface area contributed by atoms with Crippen LogP contribution in [0.15, 0.2) is 54.0 Å². The number of allylic oxidation sites excluding steroid dienone is 1. The maximum absolute atomic E-state index is 12.8. The van der Waals surface area contributed by atoms with E-state index in [1.807, 2.05) is 30.3 Å². The van der Waals surface area contributed by atoms with E-state index in [1.54, 1.807) is 13.0 Å². The van der Waals surface area contributed by atoms with Crippen LogP contribution in [0.1, 0.15) is 17.3 Å². The number of pyridine rings is 1. The zero-order valence-corrected chi connectivity index (χ0v) is 14.9. The molecule has 0 N–H and O–H groups in total. The molecule has 132 valence electrons. The van der Waals surface area contributed by atoms with Gasteiger partial charge in [0.05, 0.1) is 17.0 Å². The SMILES string of the molecule is C=CCn1c(=O)c(C(=O)OCC)c(Cl)c2cnc(-c3ccccc3)nc21. The predicted molar refractivity (Wildman–Crippen MR) is 100 cm³/mol. The lowest BCUT2D eigenvalue weighted by Crippen LogP contribution is -2.28. The Morgan fingerprint density at radius 1 is 1.35 bits per heavy atom. The molecule has 26 heavy (non-hydrogen) atoms. The zero-order valence-electron chi connectivity index (χ0n) is 14.1. The van der Waals surface area contributed by atoms with Crippen molar-refractivity contribution >= 4 is 28.6 Å². The molecule has 0 unspecified atom stereocenters. The van der Waals surface area contributed by atoms with Crippen LogP contribution in [0, 0.1) is 0 Å². The number of hydrogen-bond acceptors (Lipinski definition) is 5. The number of carbonyl (C=O) groups is 1. The van der Waals surface area contributed by atoms with Crippen LogP contribution < -0.4 is 5.56 Å². The van der Waals surface area contributed by atoms with Crippen molar-refractivity contribution < 1.29 is 9.53 Å². The van der Waals surface area contributed by atoms with Crippen molar-refractivity contribution in [2.45, 2.75) is 13.5 Å². The van der Waals surface area contributed by atoms with Gasteiger partial charge in [0.2, 0.25) is 0 Å². The third kappa shape index (κ3) is 3.11. The summed E-state index contributed by atoms with van der Waals surface area (Å²) < 4.78 is 6.30. The first-order chi connectivity index (χ1) is 12.6. The number of carbonyl (C=O) groups excluding carboxylic acids is 1. The van der Waals surface area contributed by atoms with E-state index in [-0.39, 0.29) is 23.7 Å². The molecule has 0 atom stereocenters. The maximum atomic E-state index is 12.8. The molecule has 1 aromatic carbocycles. The molecule has 0 aliphatic heterocycles. The Bertz CT molecular complexity index is 1050. The van der Waals surface area contributed by atoms with E-state index in [9.17, 15) is 9.59 Å². The number of fused-ring (bicyclic) bond motifs is 1. The molecule has 3 aromatic rings. The molecule has 0 saturated carbocycles. The number of ether oxygens (including phenoxy) is 1. The van der Waals surface area contributed by atoms with Crippen molar-refractivity contribution in [3.63, 3.8) is 0 Å². The summed E-state index contributed by atoms with van der Waals surface area (Å²) in [5, 5.41) is 0.388. The van der Waals surface area contributed by atoms with Gasteiger partial charge in [-0.25, -0.2) is 14.8 Å². The summed E-state index contributed by atoms with van der Waals surface area (Å²) in [6.45, 7) is 5.63. The van der Waals surface area contributed by atoms with Crippen LogP contribution in [-0.4, -0.2) is 27.1 Å². The summed E-state index contributed by atoms with van der Waals surface area (Å²) >= 11 is 6.33. The number of halogens is 1. The Balaban J connectivity index is 2.32. The number of rotatable bonds is 5. The lowest BCUT2D eigenvalue weighted by molar-refractivity contribution is 0.0524. The molecule has 3 rings (SSSR count). The predicted octanol–water partition coefficient (Wildman–Crippen LogP) is 3.47. The average Bonchev–Trinajstić information content (AvgIpc) is 2.66. The summed E-state index contributed by atoms with van der Waals surface area (Å²) in [4.78, 5) is 33.8. The van der Waals surface area contributed by atoms with Crippen LogP contribution in [0.2, 0.25) is 5.02 Å². The minimum atomic E-state index is -0.769. The molecule has 0 saturated heterocycles. The maximum Gasteiger partial charge on any atom is 0.345 e. The van der Waals surface area contributed by atoms with Crippen molar-refractivity contribution in [2.24, 2.45) is 0 Å². The van der Waals surface area contributed by atoms with Gasteiger partial charge in [0.15, 0.2) is 5.82 Å². The summed E-state index contributed by atoms with van der Waals surface area (Å²) in [6.07, 6.45) is 3.06. The zero-order chi connectivity index (χ0) is 18.7. The summed E-state index contributed by atoms with van der Waals surface area (Å²) in [6, 6.07) is 9.37. The second kappa shape index (κ2) is 7.49. The fraction of sp³-hybridized carbons (Fsp3) is 0.158. The molecule has 0 fully saturated rings. The van der Waals surface area contributed by atoms with E-state index in [0.29, 0.717) is 16.9 Å². The molecule has 0 aliphatic carbocycles. The number of benzene rings is 1. The van der Waals surface area contributed by atoms with E-state index in [2.05, 4.69) is 16.5 Å². The van der Waals surface area contributed by atoms with Gasteiger partial charge in [0.25, 0.3) is 5.56 Å².